The number of hydrogen-bond donors (Lipinski definition) is 1. The summed E-state index contributed by atoms with van der Waals surface area (Å²) in [5.41, 5.74) is 7.39. The van der Waals surface area contributed by atoms with Crippen LogP contribution in [0, 0.1) is 5.92 Å². The van der Waals surface area contributed by atoms with Crippen LogP contribution in [0.25, 0.3) is 10.6 Å². The van der Waals surface area contributed by atoms with Gasteiger partial charge in [-0.1, -0.05) is 29.8 Å². The first kappa shape index (κ1) is 15.5. The number of aromatic nitrogens is 1. The minimum Gasteiger partial charge on any atom is -0.342 e. The molecule has 4 nitrogen and oxygen atoms in total. The molecule has 1 fully saturated rings. The van der Waals surface area contributed by atoms with Crippen LogP contribution in [0.5, 0.6) is 0 Å². The molecular formula is C16H18ClN3OS. The van der Waals surface area contributed by atoms with E-state index in [1.807, 2.05) is 34.5 Å². The van der Waals surface area contributed by atoms with Crippen LogP contribution in [0.3, 0.4) is 0 Å². The first-order valence-electron chi connectivity index (χ1n) is 7.34. The van der Waals surface area contributed by atoms with E-state index in [9.17, 15) is 4.79 Å². The van der Waals surface area contributed by atoms with Gasteiger partial charge < -0.3 is 10.6 Å². The van der Waals surface area contributed by atoms with E-state index in [1.54, 1.807) is 0 Å². The number of carbonyl (C=O) groups is 1. The number of likely N-dealkylation sites (tertiary alicyclic amines) is 1. The lowest BCUT2D eigenvalue weighted by molar-refractivity contribution is -0.129. The molecule has 0 aliphatic carbocycles. The van der Waals surface area contributed by atoms with E-state index in [0.717, 1.165) is 35.8 Å². The molecule has 22 heavy (non-hydrogen) atoms. The maximum Gasteiger partial charge on any atom is 0.228 e. The van der Waals surface area contributed by atoms with Gasteiger partial charge in [0.1, 0.15) is 5.01 Å². The Kier molecular flexibility index (Phi) is 4.76. The van der Waals surface area contributed by atoms with E-state index < -0.39 is 0 Å². The van der Waals surface area contributed by atoms with Crippen LogP contribution in [0.1, 0.15) is 12.1 Å². The molecule has 3 rings (SSSR count). The van der Waals surface area contributed by atoms with Gasteiger partial charge in [0.25, 0.3) is 0 Å². The monoisotopic (exact) mass is 335 g/mol. The lowest BCUT2D eigenvalue weighted by atomic mass is 10.1. The normalized spacial score (nSPS) is 17.9. The number of benzene rings is 1. The SMILES string of the molecule is NCC1CCN(C(=O)Cc2csc(-c3ccccc3Cl)n2)C1. The van der Waals surface area contributed by atoms with E-state index in [4.69, 9.17) is 17.3 Å². The zero-order chi connectivity index (χ0) is 15.5. The first-order chi connectivity index (χ1) is 10.7. The summed E-state index contributed by atoms with van der Waals surface area (Å²) in [6.45, 7) is 2.23. The second-order valence-corrected chi connectivity index (χ2v) is 6.80. The smallest absolute Gasteiger partial charge is 0.228 e. The van der Waals surface area contributed by atoms with Crippen LogP contribution in [-0.2, 0) is 11.2 Å². The lowest BCUT2D eigenvalue weighted by Gasteiger charge is -2.15. The predicted octanol–water partition coefficient (Wildman–Crippen LogP) is 2.81. The molecule has 1 aromatic heterocycles. The Morgan fingerprint density at radius 2 is 2.27 bits per heavy atom. The Bertz CT molecular complexity index is 673. The van der Waals surface area contributed by atoms with Crippen molar-refractivity contribution in [3.8, 4) is 10.6 Å². The lowest BCUT2D eigenvalue weighted by Crippen LogP contribution is -2.31. The van der Waals surface area contributed by atoms with Gasteiger partial charge in [0.15, 0.2) is 0 Å². The number of nitrogens with two attached hydrogens (primary N) is 1. The second kappa shape index (κ2) is 6.77. The number of amides is 1. The average molecular weight is 336 g/mol. The number of carbonyl (C=O) groups excluding carboxylic acids is 1. The van der Waals surface area contributed by atoms with Crippen LogP contribution >= 0.6 is 22.9 Å². The quantitative estimate of drug-likeness (QED) is 0.934. The molecule has 1 unspecified atom stereocenters. The molecule has 6 heteroatoms. The Morgan fingerprint density at radius 3 is 3.00 bits per heavy atom. The summed E-state index contributed by atoms with van der Waals surface area (Å²) >= 11 is 7.71. The van der Waals surface area contributed by atoms with Gasteiger partial charge in [0.05, 0.1) is 17.1 Å². The zero-order valence-electron chi connectivity index (χ0n) is 12.2. The third-order valence-electron chi connectivity index (χ3n) is 3.96. The number of halogens is 1. The van der Waals surface area contributed by atoms with E-state index in [1.165, 1.54) is 11.3 Å². The third kappa shape index (κ3) is 3.32. The molecular weight excluding hydrogens is 318 g/mol. The summed E-state index contributed by atoms with van der Waals surface area (Å²) in [5, 5.41) is 3.47. The highest BCUT2D eigenvalue weighted by Crippen LogP contribution is 2.30. The van der Waals surface area contributed by atoms with Crippen molar-refractivity contribution >= 4 is 28.8 Å². The van der Waals surface area contributed by atoms with Crippen molar-refractivity contribution in [3.63, 3.8) is 0 Å². The minimum absolute atomic E-state index is 0.131. The fraction of sp³-hybridized carbons (Fsp3) is 0.375. The minimum atomic E-state index is 0.131. The Morgan fingerprint density at radius 1 is 1.45 bits per heavy atom. The van der Waals surface area contributed by atoms with Gasteiger partial charge in [-0.3, -0.25) is 4.79 Å². The predicted molar refractivity (Wildman–Crippen MR) is 90.0 cm³/mol. The Balaban J connectivity index is 1.67. The van der Waals surface area contributed by atoms with Crippen molar-refractivity contribution in [2.45, 2.75) is 12.8 Å². The molecule has 0 saturated carbocycles. The summed E-state index contributed by atoms with van der Waals surface area (Å²) in [6, 6.07) is 7.62. The van der Waals surface area contributed by atoms with E-state index >= 15 is 0 Å². The van der Waals surface area contributed by atoms with Crippen molar-refractivity contribution in [2.24, 2.45) is 11.7 Å². The second-order valence-electron chi connectivity index (χ2n) is 5.53. The summed E-state index contributed by atoms with van der Waals surface area (Å²) in [6.07, 6.45) is 1.35. The molecule has 1 saturated heterocycles. The zero-order valence-corrected chi connectivity index (χ0v) is 13.7. The number of rotatable bonds is 4. The van der Waals surface area contributed by atoms with Gasteiger partial charge >= 0.3 is 0 Å². The molecule has 2 aromatic rings. The molecule has 1 aliphatic rings. The summed E-state index contributed by atoms with van der Waals surface area (Å²) in [4.78, 5) is 18.8. The first-order valence-corrected chi connectivity index (χ1v) is 8.60. The molecule has 1 aromatic carbocycles. The van der Waals surface area contributed by atoms with E-state index in [2.05, 4.69) is 4.98 Å². The molecule has 2 heterocycles. The van der Waals surface area contributed by atoms with Gasteiger partial charge in [-0.25, -0.2) is 4.98 Å². The van der Waals surface area contributed by atoms with Gasteiger partial charge in [-0.15, -0.1) is 11.3 Å². The molecule has 0 bridgehead atoms. The van der Waals surface area contributed by atoms with Gasteiger partial charge in [0, 0.05) is 24.0 Å². The highest BCUT2D eigenvalue weighted by Gasteiger charge is 2.25. The maximum atomic E-state index is 12.3. The average Bonchev–Trinajstić information content (AvgIpc) is 3.16. The Hall–Kier alpha value is -1.43. The highest BCUT2D eigenvalue weighted by molar-refractivity contribution is 7.13. The molecule has 1 amide bonds. The summed E-state index contributed by atoms with van der Waals surface area (Å²) < 4.78 is 0. The van der Waals surface area contributed by atoms with Crippen molar-refractivity contribution in [3.05, 3.63) is 40.4 Å². The van der Waals surface area contributed by atoms with E-state index in [-0.39, 0.29) is 5.91 Å². The van der Waals surface area contributed by atoms with Gasteiger partial charge in [-0.2, -0.15) is 0 Å². The maximum absolute atomic E-state index is 12.3. The third-order valence-corrected chi connectivity index (χ3v) is 5.21. The number of hydrogen-bond acceptors (Lipinski definition) is 4. The topological polar surface area (TPSA) is 59.2 Å². The fourth-order valence-electron chi connectivity index (χ4n) is 2.66. The van der Waals surface area contributed by atoms with Crippen molar-refractivity contribution < 1.29 is 4.79 Å². The van der Waals surface area contributed by atoms with Crippen LogP contribution in [0.2, 0.25) is 5.02 Å². The van der Waals surface area contributed by atoms with Crippen LogP contribution in [0.4, 0.5) is 0 Å². The van der Waals surface area contributed by atoms with Crippen molar-refractivity contribution in [2.75, 3.05) is 19.6 Å². The van der Waals surface area contributed by atoms with Crippen molar-refractivity contribution in [1.82, 2.24) is 9.88 Å². The molecule has 1 aliphatic heterocycles. The fourth-order valence-corrected chi connectivity index (χ4v) is 3.80. The van der Waals surface area contributed by atoms with Gasteiger partial charge in [-0.05, 0) is 24.9 Å². The van der Waals surface area contributed by atoms with Crippen LogP contribution < -0.4 is 5.73 Å². The molecule has 116 valence electrons. The molecule has 0 spiro atoms. The van der Waals surface area contributed by atoms with Crippen molar-refractivity contribution in [1.29, 1.82) is 0 Å². The van der Waals surface area contributed by atoms with E-state index in [0.29, 0.717) is 23.9 Å². The van der Waals surface area contributed by atoms with Crippen LogP contribution in [-0.4, -0.2) is 35.4 Å². The number of nitrogens with zero attached hydrogens (tertiary/aromatic N) is 2. The standard InChI is InChI=1S/C16H18ClN3OS/c17-14-4-2-1-3-13(14)16-19-12(10-22-16)7-15(21)20-6-5-11(8-18)9-20/h1-4,10-11H,5-9,18H2. The Labute approximate surface area is 138 Å². The number of thiazole rings is 1. The highest BCUT2D eigenvalue weighted by atomic mass is 35.5. The summed E-state index contributed by atoms with van der Waals surface area (Å²) in [5.74, 6) is 0.574. The molecule has 1 atom stereocenters. The molecule has 0 radical (unpaired) electrons. The van der Waals surface area contributed by atoms with Crippen LogP contribution in [0.15, 0.2) is 29.6 Å². The molecule has 2 N–H and O–H groups in total. The summed E-state index contributed by atoms with van der Waals surface area (Å²) in [7, 11) is 0. The van der Waals surface area contributed by atoms with Gasteiger partial charge in [0.2, 0.25) is 5.91 Å². The largest absolute Gasteiger partial charge is 0.342 e.